The van der Waals surface area contributed by atoms with Crippen molar-refractivity contribution in [2.45, 2.75) is 78.8 Å². The van der Waals surface area contributed by atoms with E-state index in [0.717, 1.165) is 0 Å². The third-order valence-corrected chi connectivity index (χ3v) is 3.35. The maximum absolute atomic E-state index is 2.47. The highest BCUT2D eigenvalue weighted by atomic mass is 35.5. The Labute approximate surface area is 119 Å². The molecule has 1 aromatic rings. The van der Waals surface area contributed by atoms with Gasteiger partial charge in [0, 0.05) is 6.42 Å². The fourth-order valence-electron chi connectivity index (χ4n) is 2.18. The molecule has 2 nitrogen and oxygen atoms in total. The van der Waals surface area contributed by atoms with Gasteiger partial charge >= 0.3 is 0 Å². The second-order valence-electron chi connectivity index (χ2n) is 4.91. The van der Waals surface area contributed by atoms with Crippen molar-refractivity contribution in [2.75, 3.05) is 0 Å². The average Bonchev–Trinajstić information content (AvgIpc) is 2.73. The molecule has 0 atom stereocenters. The molecule has 0 aromatic carbocycles. The van der Waals surface area contributed by atoms with E-state index in [1.54, 1.807) is 0 Å². The summed E-state index contributed by atoms with van der Waals surface area (Å²) >= 11 is 0. The molecule has 0 saturated carbocycles. The van der Waals surface area contributed by atoms with Gasteiger partial charge in [-0.2, -0.15) is 0 Å². The van der Waals surface area contributed by atoms with Gasteiger partial charge in [-0.05, 0) is 19.3 Å². The lowest BCUT2D eigenvalue weighted by atomic mass is 10.2. The van der Waals surface area contributed by atoms with Crippen LogP contribution in [-0.2, 0) is 19.5 Å². The predicted octanol–water partition coefficient (Wildman–Crippen LogP) is 0.722. The monoisotopic (exact) mass is 272 g/mol. The van der Waals surface area contributed by atoms with Gasteiger partial charge in [0.25, 0.3) is 5.82 Å². The van der Waals surface area contributed by atoms with E-state index in [-0.39, 0.29) is 12.4 Å². The van der Waals surface area contributed by atoms with Crippen LogP contribution < -0.4 is 17.0 Å². The minimum absolute atomic E-state index is 0. The first-order chi connectivity index (χ1) is 8.33. The number of rotatable bonds is 9. The molecule has 0 spiro atoms. The van der Waals surface area contributed by atoms with Crippen LogP contribution in [0.2, 0.25) is 0 Å². The lowest BCUT2D eigenvalue weighted by molar-refractivity contribution is -0.704. The van der Waals surface area contributed by atoms with Crippen molar-refractivity contribution in [1.82, 2.24) is 4.57 Å². The van der Waals surface area contributed by atoms with E-state index in [9.17, 15) is 0 Å². The molecule has 0 unspecified atom stereocenters. The highest BCUT2D eigenvalue weighted by Crippen LogP contribution is 2.05. The van der Waals surface area contributed by atoms with Gasteiger partial charge < -0.3 is 12.4 Å². The van der Waals surface area contributed by atoms with E-state index < -0.39 is 0 Å². The molecule has 0 fully saturated rings. The van der Waals surface area contributed by atoms with E-state index in [2.05, 4.69) is 42.3 Å². The molecule has 1 rings (SSSR count). The van der Waals surface area contributed by atoms with Gasteiger partial charge in [0.1, 0.15) is 12.4 Å². The van der Waals surface area contributed by atoms with Crippen LogP contribution in [0.5, 0.6) is 0 Å². The largest absolute Gasteiger partial charge is 1.00 e. The van der Waals surface area contributed by atoms with Crippen LogP contribution in [0.3, 0.4) is 0 Å². The van der Waals surface area contributed by atoms with E-state index in [1.807, 2.05) is 0 Å². The summed E-state index contributed by atoms with van der Waals surface area (Å²) in [6.07, 6.45) is 13.5. The first-order valence-electron chi connectivity index (χ1n) is 7.40. The smallest absolute Gasteiger partial charge is 0.256 e. The molecule has 0 aliphatic heterocycles. The molecule has 18 heavy (non-hydrogen) atoms. The number of hydrogen-bond donors (Lipinski definition) is 0. The highest BCUT2D eigenvalue weighted by molar-refractivity contribution is 4.84. The highest BCUT2D eigenvalue weighted by Gasteiger charge is 2.15. The first kappa shape index (κ1) is 17.5. The Hall–Kier alpha value is -0.500. The predicted molar refractivity (Wildman–Crippen MR) is 73.1 cm³/mol. The maximum Gasteiger partial charge on any atom is 0.256 e. The topological polar surface area (TPSA) is 8.81 Å². The molecule has 0 amide bonds. The van der Waals surface area contributed by atoms with Crippen LogP contribution in [0.1, 0.15) is 65.1 Å². The number of imidazole rings is 1. The molecule has 0 aliphatic carbocycles. The van der Waals surface area contributed by atoms with Gasteiger partial charge in [0.05, 0.1) is 13.1 Å². The molecular formula is C15H29ClN2. The normalized spacial score (nSPS) is 10.4. The van der Waals surface area contributed by atoms with E-state index >= 15 is 0 Å². The minimum atomic E-state index is 0. The lowest BCUT2D eigenvalue weighted by Gasteiger charge is -2.04. The van der Waals surface area contributed by atoms with Crippen LogP contribution in [0.25, 0.3) is 0 Å². The van der Waals surface area contributed by atoms with Crippen molar-refractivity contribution in [3.63, 3.8) is 0 Å². The number of nitrogens with zero attached hydrogens (tertiary/aromatic N) is 2. The summed E-state index contributed by atoms with van der Waals surface area (Å²) in [5.41, 5.74) is 0. The minimum Gasteiger partial charge on any atom is -1.00 e. The number of halogens is 1. The zero-order valence-electron chi connectivity index (χ0n) is 12.3. The summed E-state index contributed by atoms with van der Waals surface area (Å²) in [6, 6.07) is 0. The quantitative estimate of drug-likeness (QED) is 0.586. The van der Waals surface area contributed by atoms with Gasteiger partial charge in [-0.3, -0.25) is 0 Å². The van der Waals surface area contributed by atoms with E-state index in [1.165, 1.54) is 63.9 Å². The Bertz CT molecular complexity index is 282. The molecule has 0 radical (unpaired) electrons. The van der Waals surface area contributed by atoms with Gasteiger partial charge in [-0.1, -0.05) is 40.0 Å². The summed E-state index contributed by atoms with van der Waals surface area (Å²) in [6.45, 7) is 9.18. The molecule has 0 bridgehead atoms. The Morgan fingerprint density at radius 2 is 1.67 bits per heavy atom. The molecule has 0 N–H and O–H groups in total. The summed E-state index contributed by atoms with van der Waals surface area (Å²) in [5, 5.41) is 0. The second-order valence-corrected chi connectivity index (χ2v) is 4.91. The van der Waals surface area contributed by atoms with Crippen molar-refractivity contribution >= 4 is 0 Å². The molecule has 106 valence electrons. The Kier molecular flexibility index (Phi) is 10.1. The van der Waals surface area contributed by atoms with Crippen LogP contribution in [0, 0.1) is 0 Å². The van der Waals surface area contributed by atoms with Crippen molar-refractivity contribution in [3.05, 3.63) is 18.2 Å². The molecule has 3 heteroatoms. The maximum atomic E-state index is 2.47. The molecule has 1 heterocycles. The number of aryl methyl sites for hydroxylation is 2. The molecule has 1 aromatic heterocycles. The second kappa shape index (κ2) is 10.4. The van der Waals surface area contributed by atoms with Gasteiger partial charge in [0.15, 0.2) is 0 Å². The van der Waals surface area contributed by atoms with Crippen LogP contribution in [-0.4, -0.2) is 4.57 Å². The number of hydrogen-bond acceptors (Lipinski definition) is 0. The Morgan fingerprint density at radius 1 is 1.00 bits per heavy atom. The Morgan fingerprint density at radius 3 is 2.28 bits per heavy atom. The Balaban J connectivity index is 0.00000289. The van der Waals surface area contributed by atoms with Crippen molar-refractivity contribution < 1.29 is 17.0 Å². The van der Waals surface area contributed by atoms with Crippen LogP contribution in [0.4, 0.5) is 0 Å². The fraction of sp³-hybridized carbons (Fsp3) is 0.800. The summed E-state index contributed by atoms with van der Waals surface area (Å²) in [4.78, 5) is 0. The third kappa shape index (κ3) is 5.43. The van der Waals surface area contributed by atoms with Crippen molar-refractivity contribution in [2.24, 2.45) is 0 Å². The summed E-state index contributed by atoms with van der Waals surface area (Å²) < 4.78 is 4.93. The zero-order chi connectivity index (χ0) is 12.5. The standard InChI is InChI=1S/C15H29N2.ClH/c1-4-7-10-15-16(11-8-5-2)13-14-17(15)12-9-6-3;/h13-14H,4-12H2,1-3H3;1H/q+1;/p-1. The van der Waals surface area contributed by atoms with Gasteiger partial charge in [-0.15, -0.1) is 0 Å². The van der Waals surface area contributed by atoms with Crippen LogP contribution >= 0.6 is 0 Å². The van der Waals surface area contributed by atoms with Gasteiger partial charge in [0.2, 0.25) is 0 Å². The van der Waals surface area contributed by atoms with Gasteiger partial charge in [-0.25, -0.2) is 9.13 Å². The van der Waals surface area contributed by atoms with E-state index in [0.29, 0.717) is 0 Å². The first-order valence-corrected chi connectivity index (χ1v) is 7.40. The third-order valence-electron chi connectivity index (χ3n) is 3.35. The molecule has 0 aliphatic rings. The summed E-state index contributed by atoms with van der Waals surface area (Å²) in [5.74, 6) is 1.54. The van der Waals surface area contributed by atoms with Crippen LogP contribution in [0.15, 0.2) is 12.4 Å². The zero-order valence-corrected chi connectivity index (χ0v) is 13.0. The SMILES string of the molecule is CCCCc1n(CCCC)cc[n+]1CCCC.[Cl-]. The number of aromatic nitrogens is 2. The average molecular weight is 273 g/mol. The number of unbranched alkanes of at least 4 members (excludes halogenated alkanes) is 3. The summed E-state index contributed by atoms with van der Waals surface area (Å²) in [7, 11) is 0. The molecule has 0 saturated heterocycles. The van der Waals surface area contributed by atoms with Crippen molar-refractivity contribution in [1.29, 1.82) is 0 Å². The fourth-order valence-corrected chi connectivity index (χ4v) is 2.18. The molecular weight excluding hydrogens is 244 g/mol. The van der Waals surface area contributed by atoms with Crippen molar-refractivity contribution in [3.8, 4) is 0 Å². The van der Waals surface area contributed by atoms with E-state index in [4.69, 9.17) is 0 Å². The lowest BCUT2D eigenvalue weighted by Crippen LogP contribution is -3.00.